The number of halogens is 1. The molecule has 0 fully saturated rings. The van der Waals surface area contributed by atoms with Crippen LogP contribution in [0.5, 0.6) is 0 Å². The standard InChI is InChI=1S/C12H18BrNO3S/c1-2-10(7-8-15)9-14-18(16,17)12-5-3-11(13)4-6-12/h3-6,10,14-15H,2,7-9H2,1H3. The number of aliphatic hydroxyl groups is 1. The first kappa shape index (κ1) is 15.6. The maximum absolute atomic E-state index is 12.0. The Balaban J connectivity index is 2.67. The predicted octanol–water partition coefficient (Wildman–Crippen LogP) is 2.14. The summed E-state index contributed by atoms with van der Waals surface area (Å²) in [5.41, 5.74) is 0. The van der Waals surface area contributed by atoms with Crippen molar-refractivity contribution in [2.75, 3.05) is 13.2 Å². The van der Waals surface area contributed by atoms with E-state index in [-0.39, 0.29) is 17.4 Å². The monoisotopic (exact) mass is 335 g/mol. The molecule has 0 aliphatic heterocycles. The predicted molar refractivity (Wildman–Crippen MR) is 74.8 cm³/mol. The van der Waals surface area contributed by atoms with Gasteiger partial charge in [0.1, 0.15) is 0 Å². The second-order valence-corrected chi connectivity index (χ2v) is 6.78. The largest absolute Gasteiger partial charge is 0.396 e. The van der Waals surface area contributed by atoms with Gasteiger partial charge >= 0.3 is 0 Å². The lowest BCUT2D eigenvalue weighted by atomic mass is 10.0. The van der Waals surface area contributed by atoms with Gasteiger partial charge in [0.05, 0.1) is 4.90 Å². The summed E-state index contributed by atoms with van der Waals surface area (Å²) in [7, 11) is -3.45. The molecule has 0 aliphatic carbocycles. The fourth-order valence-electron chi connectivity index (χ4n) is 1.56. The molecule has 1 aromatic rings. The summed E-state index contributed by atoms with van der Waals surface area (Å²) < 4.78 is 27.4. The quantitative estimate of drug-likeness (QED) is 0.802. The van der Waals surface area contributed by atoms with Crippen LogP contribution in [-0.2, 0) is 10.0 Å². The molecule has 0 aromatic heterocycles. The zero-order valence-corrected chi connectivity index (χ0v) is 12.7. The van der Waals surface area contributed by atoms with Crippen molar-refractivity contribution in [1.29, 1.82) is 0 Å². The molecule has 4 nitrogen and oxygen atoms in total. The van der Waals surface area contributed by atoms with E-state index in [0.29, 0.717) is 13.0 Å². The van der Waals surface area contributed by atoms with Crippen LogP contribution >= 0.6 is 15.9 Å². The van der Waals surface area contributed by atoms with Crippen LogP contribution in [-0.4, -0.2) is 26.7 Å². The minimum Gasteiger partial charge on any atom is -0.396 e. The Hall–Kier alpha value is -0.430. The molecule has 0 amide bonds. The molecule has 1 unspecified atom stereocenters. The van der Waals surface area contributed by atoms with E-state index in [0.717, 1.165) is 10.9 Å². The molecule has 0 bridgehead atoms. The highest BCUT2D eigenvalue weighted by Crippen LogP contribution is 2.15. The minimum absolute atomic E-state index is 0.0819. The maximum Gasteiger partial charge on any atom is 0.240 e. The van der Waals surface area contributed by atoms with E-state index in [1.807, 2.05) is 6.92 Å². The molecule has 0 radical (unpaired) electrons. The van der Waals surface area contributed by atoms with Crippen LogP contribution < -0.4 is 4.72 Å². The molecular weight excluding hydrogens is 318 g/mol. The van der Waals surface area contributed by atoms with E-state index >= 15 is 0 Å². The zero-order chi connectivity index (χ0) is 13.6. The van der Waals surface area contributed by atoms with Crippen LogP contribution in [0.1, 0.15) is 19.8 Å². The fraction of sp³-hybridized carbons (Fsp3) is 0.500. The number of nitrogens with one attached hydrogen (secondary N) is 1. The summed E-state index contributed by atoms with van der Waals surface area (Å²) in [6.07, 6.45) is 1.45. The summed E-state index contributed by atoms with van der Waals surface area (Å²) in [5.74, 6) is 0.167. The minimum atomic E-state index is -3.45. The van der Waals surface area contributed by atoms with E-state index in [1.54, 1.807) is 24.3 Å². The first-order valence-corrected chi connectivity index (χ1v) is 8.13. The normalized spacial score (nSPS) is 13.5. The summed E-state index contributed by atoms with van der Waals surface area (Å²) in [4.78, 5) is 0.254. The van der Waals surface area contributed by atoms with Gasteiger partial charge in [-0.2, -0.15) is 0 Å². The molecule has 0 spiro atoms. The molecule has 0 aliphatic rings. The fourth-order valence-corrected chi connectivity index (χ4v) is 2.94. The van der Waals surface area contributed by atoms with E-state index in [2.05, 4.69) is 20.7 Å². The van der Waals surface area contributed by atoms with Gasteiger partial charge in [0, 0.05) is 17.6 Å². The third-order valence-electron chi connectivity index (χ3n) is 2.80. The topological polar surface area (TPSA) is 66.4 Å². The smallest absolute Gasteiger partial charge is 0.240 e. The van der Waals surface area contributed by atoms with Gasteiger partial charge in [0.25, 0.3) is 0 Å². The van der Waals surface area contributed by atoms with E-state index < -0.39 is 10.0 Å². The lowest BCUT2D eigenvalue weighted by molar-refractivity contribution is 0.254. The van der Waals surface area contributed by atoms with Crippen LogP contribution in [0.25, 0.3) is 0 Å². The van der Waals surface area contributed by atoms with Crippen molar-refractivity contribution in [3.8, 4) is 0 Å². The van der Waals surface area contributed by atoms with Gasteiger partial charge in [-0.25, -0.2) is 13.1 Å². The third-order valence-corrected chi connectivity index (χ3v) is 4.77. The van der Waals surface area contributed by atoms with E-state index in [4.69, 9.17) is 5.11 Å². The Morgan fingerprint density at radius 2 is 1.94 bits per heavy atom. The first-order chi connectivity index (χ1) is 8.49. The molecular formula is C12H18BrNO3S. The van der Waals surface area contributed by atoms with Crippen LogP contribution in [0.2, 0.25) is 0 Å². The van der Waals surface area contributed by atoms with Gasteiger partial charge < -0.3 is 5.11 Å². The lowest BCUT2D eigenvalue weighted by Gasteiger charge is -2.14. The van der Waals surface area contributed by atoms with E-state index in [1.165, 1.54) is 0 Å². The lowest BCUT2D eigenvalue weighted by Crippen LogP contribution is -2.29. The molecule has 6 heteroatoms. The number of sulfonamides is 1. The van der Waals surface area contributed by atoms with Gasteiger partial charge in [-0.15, -0.1) is 0 Å². The molecule has 0 saturated carbocycles. The summed E-state index contributed by atoms with van der Waals surface area (Å²) >= 11 is 3.26. The Labute approximate surface area is 117 Å². The molecule has 1 atom stereocenters. The SMILES string of the molecule is CCC(CCO)CNS(=O)(=O)c1ccc(Br)cc1. The average molecular weight is 336 g/mol. The van der Waals surface area contributed by atoms with Crippen molar-refractivity contribution in [1.82, 2.24) is 4.72 Å². The Morgan fingerprint density at radius 1 is 1.33 bits per heavy atom. The van der Waals surface area contributed by atoms with Crippen molar-refractivity contribution in [3.05, 3.63) is 28.7 Å². The zero-order valence-electron chi connectivity index (χ0n) is 10.3. The first-order valence-electron chi connectivity index (χ1n) is 5.85. The maximum atomic E-state index is 12.0. The van der Waals surface area contributed by atoms with Crippen LogP contribution in [0.15, 0.2) is 33.6 Å². The van der Waals surface area contributed by atoms with Crippen molar-refractivity contribution < 1.29 is 13.5 Å². The third kappa shape index (κ3) is 4.68. The number of benzene rings is 1. The Kier molecular flexibility index (Phi) is 6.28. The second kappa shape index (κ2) is 7.23. The molecule has 0 heterocycles. The van der Waals surface area contributed by atoms with Gasteiger partial charge in [-0.1, -0.05) is 29.3 Å². The highest BCUT2D eigenvalue weighted by Gasteiger charge is 2.15. The van der Waals surface area contributed by atoms with E-state index in [9.17, 15) is 8.42 Å². The molecule has 102 valence electrons. The molecule has 18 heavy (non-hydrogen) atoms. The number of hydrogen-bond acceptors (Lipinski definition) is 3. The molecule has 1 aromatic carbocycles. The van der Waals surface area contributed by atoms with Gasteiger partial charge in [0.15, 0.2) is 0 Å². The van der Waals surface area contributed by atoms with Gasteiger partial charge in [0.2, 0.25) is 10.0 Å². The number of aliphatic hydroxyl groups excluding tert-OH is 1. The van der Waals surface area contributed by atoms with Crippen LogP contribution in [0.4, 0.5) is 0 Å². The van der Waals surface area contributed by atoms with Crippen molar-refractivity contribution in [2.45, 2.75) is 24.7 Å². The van der Waals surface area contributed by atoms with Crippen molar-refractivity contribution >= 4 is 26.0 Å². The Bertz CT molecular complexity index is 459. The molecule has 0 saturated heterocycles. The molecule has 2 N–H and O–H groups in total. The number of hydrogen-bond donors (Lipinski definition) is 2. The Morgan fingerprint density at radius 3 is 2.44 bits per heavy atom. The van der Waals surface area contributed by atoms with Crippen molar-refractivity contribution in [3.63, 3.8) is 0 Å². The summed E-state index contributed by atoms with van der Waals surface area (Å²) in [6, 6.07) is 6.50. The summed E-state index contributed by atoms with van der Waals surface area (Å²) in [5, 5.41) is 8.86. The molecule has 1 rings (SSSR count). The van der Waals surface area contributed by atoms with Gasteiger partial charge in [-0.05, 0) is 36.6 Å². The second-order valence-electron chi connectivity index (χ2n) is 4.09. The van der Waals surface area contributed by atoms with Gasteiger partial charge in [-0.3, -0.25) is 0 Å². The van der Waals surface area contributed by atoms with Crippen LogP contribution in [0, 0.1) is 5.92 Å². The average Bonchev–Trinajstić information content (AvgIpc) is 2.35. The highest BCUT2D eigenvalue weighted by molar-refractivity contribution is 9.10. The number of rotatable bonds is 7. The van der Waals surface area contributed by atoms with Crippen molar-refractivity contribution in [2.24, 2.45) is 5.92 Å². The highest BCUT2D eigenvalue weighted by atomic mass is 79.9. The van der Waals surface area contributed by atoms with Crippen LogP contribution in [0.3, 0.4) is 0 Å². The summed E-state index contributed by atoms with van der Waals surface area (Å²) in [6.45, 7) is 2.42.